The van der Waals surface area contributed by atoms with Gasteiger partial charge in [-0.05, 0) is 49.5 Å². The molecule has 8 nitrogen and oxygen atoms in total. The van der Waals surface area contributed by atoms with Crippen LogP contribution in [0.5, 0.6) is 5.75 Å². The molecule has 0 aliphatic carbocycles. The molecule has 0 spiro atoms. The average Bonchev–Trinajstić information content (AvgIpc) is 3.29. The fourth-order valence-corrected chi connectivity index (χ4v) is 3.58. The topological polar surface area (TPSA) is 122 Å². The normalized spacial score (nSPS) is 26.2. The lowest BCUT2D eigenvalue weighted by atomic mass is 9.97. The summed E-state index contributed by atoms with van der Waals surface area (Å²) in [5.41, 5.74) is 1.32. The Morgan fingerprint density at radius 2 is 1.97 bits per heavy atom. The minimum atomic E-state index is -1.55. The molecular formula is C25H30N2O6. The lowest BCUT2D eigenvalue weighted by Crippen LogP contribution is -2.32. The lowest BCUT2D eigenvalue weighted by molar-refractivity contribution is -0.127. The number of aromatic hydroxyl groups is 1. The Bertz CT molecular complexity index is 1030. The molecule has 1 aromatic carbocycles. The number of hydrogen-bond donors (Lipinski definition) is 3. The first-order valence-corrected chi connectivity index (χ1v) is 11.0. The van der Waals surface area contributed by atoms with Gasteiger partial charge in [-0.3, -0.25) is 4.79 Å². The van der Waals surface area contributed by atoms with Crippen LogP contribution in [0.3, 0.4) is 0 Å². The SMILES string of the molecule is C[C@@H]1/C=C\C(=O)[C@@H](O)[C@@H](O)C/C=C/c2cc(CCCn3ccnc3)cc(O)c2C(=O)O[C@H]1C. The van der Waals surface area contributed by atoms with E-state index < -0.39 is 30.1 Å². The van der Waals surface area contributed by atoms with Crippen LogP contribution in [0.15, 0.2) is 49.1 Å². The molecule has 0 fully saturated rings. The maximum Gasteiger partial charge on any atom is 0.342 e. The molecule has 1 aliphatic heterocycles. The van der Waals surface area contributed by atoms with Crippen LogP contribution < -0.4 is 0 Å². The number of fused-ring (bicyclic) bond motifs is 1. The van der Waals surface area contributed by atoms with Crippen LogP contribution in [-0.4, -0.2) is 54.9 Å². The number of aliphatic hydroxyl groups is 2. The van der Waals surface area contributed by atoms with Gasteiger partial charge in [0.1, 0.15) is 23.5 Å². The Labute approximate surface area is 192 Å². The third-order valence-electron chi connectivity index (χ3n) is 5.78. The number of ketones is 1. The summed E-state index contributed by atoms with van der Waals surface area (Å²) in [5.74, 6) is -1.79. The summed E-state index contributed by atoms with van der Waals surface area (Å²) in [7, 11) is 0. The highest BCUT2D eigenvalue weighted by Crippen LogP contribution is 2.28. The number of phenols is 1. The molecule has 2 aromatic rings. The van der Waals surface area contributed by atoms with Crippen molar-refractivity contribution in [2.45, 2.75) is 58.0 Å². The summed E-state index contributed by atoms with van der Waals surface area (Å²) in [4.78, 5) is 29.0. The van der Waals surface area contributed by atoms with Crippen molar-refractivity contribution in [2.75, 3.05) is 0 Å². The Morgan fingerprint density at radius 3 is 2.70 bits per heavy atom. The van der Waals surface area contributed by atoms with Crippen LogP contribution in [0.2, 0.25) is 0 Å². The van der Waals surface area contributed by atoms with E-state index in [2.05, 4.69) is 4.98 Å². The van der Waals surface area contributed by atoms with Crippen molar-refractivity contribution in [3.63, 3.8) is 0 Å². The number of aromatic nitrogens is 2. The fraction of sp³-hybridized carbons (Fsp3) is 0.400. The number of aliphatic hydroxyl groups excluding tert-OH is 2. The molecule has 33 heavy (non-hydrogen) atoms. The van der Waals surface area contributed by atoms with E-state index in [1.165, 1.54) is 12.2 Å². The van der Waals surface area contributed by atoms with Crippen LogP contribution in [0.4, 0.5) is 0 Å². The molecule has 0 amide bonds. The molecule has 0 saturated heterocycles. The molecule has 4 atom stereocenters. The van der Waals surface area contributed by atoms with Crippen LogP contribution in [0, 0.1) is 5.92 Å². The highest BCUT2D eigenvalue weighted by atomic mass is 16.5. The quantitative estimate of drug-likeness (QED) is 0.607. The third-order valence-corrected chi connectivity index (χ3v) is 5.78. The van der Waals surface area contributed by atoms with Gasteiger partial charge < -0.3 is 24.6 Å². The zero-order valence-corrected chi connectivity index (χ0v) is 18.8. The van der Waals surface area contributed by atoms with Crippen molar-refractivity contribution in [3.8, 4) is 5.75 Å². The average molecular weight is 455 g/mol. The zero-order valence-electron chi connectivity index (χ0n) is 18.8. The number of imidazole rings is 1. The summed E-state index contributed by atoms with van der Waals surface area (Å²) in [6.07, 6.45) is 9.22. The number of cyclic esters (lactones) is 1. The summed E-state index contributed by atoms with van der Waals surface area (Å²) in [5, 5.41) is 31.0. The number of hydrogen-bond acceptors (Lipinski definition) is 7. The molecule has 0 radical (unpaired) electrons. The molecule has 0 unspecified atom stereocenters. The summed E-state index contributed by atoms with van der Waals surface area (Å²) < 4.78 is 7.51. The first-order chi connectivity index (χ1) is 15.8. The first kappa shape index (κ1) is 24.4. The minimum Gasteiger partial charge on any atom is -0.507 e. The Hall–Kier alpha value is -3.23. The van der Waals surface area contributed by atoms with Gasteiger partial charge in [-0.15, -0.1) is 0 Å². The van der Waals surface area contributed by atoms with Crippen molar-refractivity contribution >= 4 is 17.8 Å². The van der Waals surface area contributed by atoms with E-state index in [0.717, 1.165) is 18.5 Å². The summed E-state index contributed by atoms with van der Waals surface area (Å²) >= 11 is 0. The number of rotatable bonds is 4. The molecule has 176 valence electrons. The van der Waals surface area contributed by atoms with Gasteiger partial charge in [0.25, 0.3) is 0 Å². The second kappa shape index (κ2) is 11.1. The van der Waals surface area contributed by atoms with Gasteiger partial charge in [-0.25, -0.2) is 9.78 Å². The number of esters is 1. The van der Waals surface area contributed by atoms with Crippen molar-refractivity contribution < 1.29 is 29.6 Å². The second-order valence-electron chi connectivity index (χ2n) is 8.36. The predicted octanol–water partition coefficient (Wildman–Crippen LogP) is 2.67. The van der Waals surface area contributed by atoms with Crippen LogP contribution in [-0.2, 0) is 22.5 Å². The van der Waals surface area contributed by atoms with E-state index in [1.807, 2.05) is 10.8 Å². The fourth-order valence-electron chi connectivity index (χ4n) is 3.58. The lowest BCUT2D eigenvalue weighted by Gasteiger charge is -2.20. The Kier molecular flexibility index (Phi) is 8.19. The minimum absolute atomic E-state index is 0.00713. The Balaban J connectivity index is 1.89. The summed E-state index contributed by atoms with van der Waals surface area (Å²) in [6, 6.07) is 3.37. The summed E-state index contributed by atoms with van der Waals surface area (Å²) in [6.45, 7) is 4.21. The van der Waals surface area contributed by atoms with E-state index in [9.17, 15) is 24.9 Å². The smallest absolute Gasteiger partial charge is 0.342 e. The highest BCUT2D eigenvalue weighted by Gasteiger charge is 2.25. The van der Waals surface area contributed by atoms with E-state index in [0.29, 0.717) is 12.0 Å². The van der Waals surface area contributed by atoms with Crippen molar-refractivity contribution in [1.82, 2.24) is 9.55 Å². The van der Waals surface area contributed by atoms with Crippen LogP contribution in [0.25, 0.3) is 6.08 Å². The largest absolute Gasteiger partial charge is 0.507 e. The maximum absolute atomic E-state index is 12.9. The number of carbonyl (C=O) groups is 2. The first-order valence-electron chi connectivity index (χ1n) is 11.0. The number of carbonyl (C=O) groups excluding carboxylic acids is 2. The zero-order chi connectivity index (χ0) is 24.0. The van der Waals surface area contributed by atoms with Gasteiger partial charge in [0, 0.05) is 24.9 Å². The van der Waals surface area contributed by atoms with Gasteiger partial charge in [0.2, 0.25) is 0 Å². The molecule has 0 saturated carbocycles. The van der Waals surface area contributed by atoms with Crippen molar-refractivity contribution in [1.29, 1.82) is 0 Å². The van der Waals surface area contributed by atoms with E-state index in [-0.39, 0.29) is 23.7 Å². The standard InChI is InChI=1S/C25H30N2O6/c1-16-8-9-21(29)24(31)20(28)7-3-6-19-13-18(5-4-11-27-12-10-26-15-27)14-22(30)23(19)25(32)33-17(16)2/h3,6,8-10,12-17,20,24,28,30-31H,4-5,7,11H2,1-2H3/b6-3+,9-8-/t16-,17+,20+,24+/m1/s1. The number of nitrogens with zero attached hydrogens (tertiary/aromatic N) is 2. The molecule has 8 heteroatoms. The van der Waals surface area contributed by atoms with Crippen LogP contribution in [0.1, 0.15) is 48.2 Å². The molecule has 1 aliphatic rings. The van der Waals surface area contributed by atoms with E-state index >= 15 is 0 Å². The van der Waals surface area contributed by atoms with Crippen molar-refractivity contribution in [3.05, 3.63) is 65.8 Å². The number of phenolic OH excluding ortho intramolecular Hbond substituents is 1. The van der Waals surface area contributed by atoms with Crippen molar-refractivity contribution in [2.24, 2.45) is 5.92 Å². The van der Waals surface area contributed by atoms with Gasteiger partial charge >= 0.3 is 5.97 Å². The molecule has 3 N–H and O–H groups in total. The highest BCUT2D eigenvalue weighted by molar-refractivity contribution is 5.97. The number of ether oxygens (including phenoxy) is 1. The van der Waals surface area contributed by atoms with Gasteiger partial charge in [-0.2, -0.15) is 0 Å². The monoisotopic (exact) mass is 454 g/mol. The molecular weight excluding hydrogens is 424 g/mol. The van der Waals surface area contributed by atoms with E-state index in [1.54, 1.807) is 50.7 Å². The van der Waals surface area contributed by atoms with Gasteiger partial charge in [-0.1, -0.05) is 31.2 Å². The second-order valence-corrected chi connectivity index (χ2v) is 8.36. The molecule has 0 bridgehead atoms. The number of benzene rings is 1. The molecule has 2 heterocycles. The predicted molar refractivity (Wildman–Crippen MR) is 123 cm³/mol. The van der Waals surface area contributed by atoms with Gasteiger partial charge in [0.05, 0.1) is 12.4 Å². The molecule has 1 aromatic heterocycles. The van der Waals surface area contributed by atoms with E-state index in [4.69, 9.17) is 4.74 Å². The van der Waals surface area contributed by atoms with Gasteiger partial charge in [0.15, 0.2) is 5.78 Å². The third kappa shape index (κ3) is 6.40. The maximum atomic E-state index is 12.9. The van der Waals surface area contributed by atoms with Crippen LogP contribution >= 0.6 is 0 Å². The molecule has 3 rings (SSSR count). The Morgan fingerprint density at radius 1 is 1.18 bits per heavy atom. The number of aryl methyl sites for hydroxylation is 2.